The van der Waals surface area contributed by atoms with E-state index in [1.165, 1.54) is 30.0 Å². The number of hydrogen-bond acceptors (Lipinski definition) is 7. The van der Waals surface area contributed by atoms with E-state index in [9.17, 15) is 14.9 Å². The molecule has 0 spiro atoms. The maximum atomic E-state index is 12.5. The van der Waals surface area contributed by atoms with E-state index < -0.39 is 4.92 Å². The van der Waals surface area contributed by atoms with Gasteiger partial charge in [0.2, 0.25) is 11.7 Å². The summed E-state index contributed by atoms with van der Waals surface area (Å²) in [7, 11) is 0. The number of nitro groups is 1. The number of non-ortho nitro benzene ring substituents is 1. The number of aromatic nitrogens is 3. The highest BCUT2D eigenvalue weighted by molar-refractivity contribution is 7.99. The first-order chi connectivity index (χ1) is 15.0. The molecule has 9 nitrogen and oxygen atoms in total. The SMILES string of the molecule is Cc1cc([N+](=O)[O-])ccc1NC(=O)CSc1nnc(-c2ccco2)n1-c1ccccc1. The smallest absolute Gasteiger partial charge is 0.269 e. The molecule has 156 valence electrons. The van der Waals surface area contributed by atoms with Crippen LogP contribution in [0.2, 0.25) is 0 Å². The number of para-hydroxylation sites is 1. The van der Waals surface area contributed by atoms with Crippen molar-refractivity contribution in [1.82, 2.24) is 14.8 Å². The fourth-order valence-electron chi connectivity index (χ4n) is 2.96. The van der Waals surface area contributed by atoms with Crippen molar-refractivity contribution in [2.75, 3.05) is 11.1 Å². The molecule has 4 aromatic rings. The molecule has 0 fully saturated rings. The molecular formula is C21H17N5O4S. The van der Waals surface area contributed by atoms with Crippen LogP contribution in [0.3, 0.4) is 0 Å². The fraction of sp³-hybridized carbons (Fsp3) is 0.0952. The molecule has 0 aliphatic heterocycles. The van der Waals surface area contributed by atoms with Crippen molar-refractivity contribution in [2.45, 2.75) is 12.1 Å². The standard InChI is InChI=1S/C21H17N5O4S/c1-14-12-16(26(28)29)9-10-17(14)22-19(27)13-31-21-24-23-20(18-8-5-11-30-18)25(21)15-6-3-2-4-7-15/h2-12H,13H2,1H3,(H,22,27). The van der Waals surface area contributed by atoms with Crippen molar-refractivity contribution in [2.24, 2.45) is 0 Å². The fourth-order valence-corrected chi connectivity index (χ4v) is 3.71. The number of carbonyl (C=O) groups is 1. The number of nitro benzene ring substituents is 1. The second-order valence-corrected chi connectivity index (χ2v) is 7.49. The van der Waals surface area contributed by atoms with Gasteiger partial charge in [0, 0.05) is 23.5 Å². The predicted molar refractivity (Wildman–Crippen MR) is 116 cm³/mol. The number of furan rings is 1. The summed E-state index contributed by atoms with van der Waals surface area (Å²) in [6.45, 7) is 1.71. The lowest BCUT2D eigenvalue weighted by molar-refractivity contribution is -0.384. The van der Waals surface area contributed by atoms with Gasteiger partial charge in [-0.05, 0) is 42.8 Å². The van der Waals surface area contributed by atoms with Gasteiger partial charge < -0.3 is 9.73 Å². The van der Waals surface area contributed by atoms with Crippen LogP contribution in [-0.2, 0) is 4.79 Å². The molecule has 10 heteroatoms. The number of rotatable bonds is 7. The van der Waals surface area contributed by atoms with E-state index >= 15 is 0 Å². The summed E-state index contributed by atoms with van der Waals surface area (Å²) in [6.07, 6.45) is 1.56. The number of anilines is 1. The van der Waals surface area contributed by atoms with Gasteiger partial charge in [-0.15, -0.1) is 10.2 Å². The van der Waals surface area contributed by atoms with Crippen molar-refractivity contribution in [3.63, 3.8) is 0 Å². The molecule has 0 aliphatic rings. The van der Waals surface area contributed by atoms with Gasteiger partial charge in [0.15, 0.2) is 10.9 Å². The van der Waals surface area contributed by atoms with E-state index in [1.54, 1.807) is 25.3 Å². The van der Waals surface area contributed by atoms with Crippen molar-refractivity contribution in [3.8, 4) is 17.3 Å². The van der Waals surface area contributed by atoms with E-state index in [4.69, 9.17) is 4.42 Å². The average molecular weight is 435 g/mol. The average Bonchev–Trinajstić information content (AvgIpc) is 3.44. The second kappa shape index (κ2) is 8.84. The Morgan fingerprint density at radius 2 is 1.97 bits per heavy atom. The maximum Gasteiger partial charge on any atom is 0.269 e. The van der Waals surface area contributed by atoms with Crippen LogP contribution < -0.4 is 5.32 Å². The first-order valence-corrected chi connectivity index (χ1v) is 10.2. The van der Waals surface area contributed by atoms with Gasteiger partial charge in [-0.3, -0.25) is 19.5 Å². The Morgan fingerprint density at radius 1 is 1.16 bits per heavy atom. The highest BCUT2D eigenvalue weighted by Crippen LogP contribution is 2.28. The van der Waals surface area contributed by atoms with E-state index in [-0.39, 0.29) is 17.3 Å². The van der Waals surface area contributed by atoms with Crippen LogP contribution in [0.25, 0.3) is 17.3 Å². The lowest BCUT2D eigenvalue weighted by Gasteiger charge is -2.10. The van der Waals surface area contributed by atoms with E-state index in [0.717, 1.165) is 5.69 Å². The molecule has 2 heterocycles. The number of aryl methyl sites for hydroxylation is 1. The van der Waals surface area contributed by atoms with E-state index in [1.807, 2.05) is 34.9 Å². The summed E-state index contributed by atoms with van der Waals surface area (Å²) in [5.41, 5.74) is 1.96. The Balaban J connectivity index is 1.52. The number of amides is 1. The van der Waals surface area contributed by atoms with Crippen LogP contribution in [0, 0.1) is 17.0 Å². The normalized spacial score (nSPS) is 10.7. The van der Waals surface area contributed by atoms with Crippen LogP contribution in [0.1, 0.15) is 5.56 Å². The van der Waals surface area contributed by atoms with Crippen molar-refractivity contribution >= 4 is 29.0 Å². The molecule has 0 radical (unpaired) electrons. The Bertz CT molecular complexity index is 1220. The molecule has 4 rings (SSSR count). The van der Waals surface area contributed by atoms with Gasteiger partial charge >= 0.3 is 0 Å². The van der Waals surface area contributed by atoms with Crippen molar-refractivity contribution in [3.05, 3.63) is 82.6 Å². The molecule has 0 aliphatic carbocycles. The van der Waals surface area contributed by atoms with Gasteiger partial charge in [-0.2, -0.15) is 0 Å². The van der Waals surface area contributed by atoms with Gasteiger partial charge in [0.25, 0.3) is 5.69 Å². The Morgan fingerprint density at radius 3 is 2.65 bits per heavy atom. The number of nitrogens with zero attached hydrogens (tertiary/aromatic N) is 4. The highest BCUT2D eigenvalue weighted by Gasteiger charge is 2.19. The minimum Gasteiger partial charge on any atom is -0.461 e. The molecule has 2 aromatic carbocycles. The zero-order valence-corrected chi connectivity index (χ0v) is 17.2. The summed E-state index contributed by atoms with van der Waals surface area (Å²) in [5.74, 6) is 0.920. The van der Waals surface area contributed by atoms with E-state index in [2.05, 4.69) is 15.5 Å². The van der Waals surface area contributed by atoms with Crippen LogP contribution in [0.15, 0.2) is 76.5 Å². The topological polar surface area (TPSA) is 116 Å². The predicted octanol–water partition coefficient (Wildman–Crippen LogP) is 4.47. The van der Waals surface area contributed by atoms with Gasteiger partial charge in [-0.25, -0.2) is 0 Å². The molecule has 0 atom stereocenters. The number of thioether (sulfide) groups is 1. The van der Waals surface area contributed by atoms with Gasteiger partial charge in [-0.1, -0.05) is 30.0 Å². The number of hydrogen-bond donors (Lipinski definition) is 1. The number of benzene rings is 2. The maximum absolute atomic E-state index is 12.5. The third-order valence-corrected chi connectivity index (χ3v) is 5.35. The number of carbonyl (C=O) groups excluding carboxylic acids is 1. The van der Waals surface area contributed by atoms with Crippen LogP contribution in [0.4, 0.5) is 11.4 Å². The van der Waals surface area contributed by atoms with Crippen molar-refractivity contribution in [1.29, 1.82) is 0 Å². The Hall–Kier alpha value is -3.92. The first-order valence-electron chi connectivity index (χ1n) is 9.25. The summed E-state index contributed by atoms with van der Waals surface area (Å²) < 4.78 is 7.31. The first kappa shape index (κ1) is 20.4. The zero-order valence-electron chi connectivity index (χ0n) is 16.4. The van der Waals surface area contributed by atoms with Crippen LogP contribution in [-0.4, -0.2) is 31.3 Å². The second-order valence-electron chi connectivity index (χ2n) is 6.55. The van der Waals surface area contributed by atoms with Gasteiger partial charge in [0.05, 0.1) is 16.9 Å². The Kier molecular flexibility index (Phi) is 5.80. The molecular weight excluding hydrogens is 418 g/mol. The zero-order chi connectivity index (χ0) is 21.8. The third-order valence-electron chi connectivity index (χ3n) is 4.42. The van der Waals surface area contributed by atoms with Crippen LogP contribution >= 0.6 is 11.8 Å². The highest BCUT2D eigenvalue weighted by atomic mass is 32.2. The monoisotopic (exact) mass is 435 g/mol. The van der Waals surface area contributed by atoms with Gasteiger partial charge in [0.1, 0.15) is 0 Å². The molecule has 31 heavy (non-hydrogen) atoms. The molecule has 0 saturated heterocycles. The molecule has 2 aromatic heterocycles. The molecule has 0 bridgehead atoms. The Labute approximate surface area is 181 Å². The lowest BCUT2D eigenvalue weighted by atomic mass is 10.2. The quantitative estimate of drug-likeness (QED) is 0.258. The van der Waals surface area contributed by atoms with E-state index in [0.29, 0.717) is 28.0 Å². The minimum atomic E-state index is -0.471. The van der Waals surface area contributed by atoms with Crippen LogP contribution in [0.5, 0.6) is 0 Å². The summed E-state index contributed by atoms with van der Waals surface area (Å²) >= 11 is 1.23. The number of nitrogens with one attached hydrogen (secondary N) is 1. The molecule has 1 N–H and O–H groups in total. The third kappa shape index (κ3) is 4.48. The molecule has 0 saturated carbocycles. The largest absolute Gasteiger partial charge is 0.461 e. The summed E-state index contributed by atoms with van der Waals surface area (Å²) in [4.78, 5) is 22.9. The van der Waals surface area contributed by atoms with Crippen molar-refractivity contribution < 1.29 is 14.1 Å². The molecule has 1 amide bonds. The lowest BCUT2D eigenvalue weighted by Crippen LogP contribution is -2.15. The minimum absolute atomic E-state index is 0.0220. The summed E-state index contributed by atoms with van der Waals surface area (Å²) in [5, 5.41) is 22.7. The molecule has 0 unspecified atom stereocenters. The summed E-state index contributed by atoms with van der Waals surface area (Å²) in [6, 6.07) is 17.4.